The van der Waals surface area contributed by atoms with Crippen molar-refractivity contribution in [3.8, 4) is 0 Å². The fourth-order valence-corrected chi connectivity index (χ4v) is 9.34. The lowest BCUT2D eigenvalue weighted by molar-refractivity contribution is 0.416. The highest BCUT2D eigenvalue weighted by molar-refractivity contribution is 5.75. The van der Waals surface area contributed by atoms with Crippen molar-refractivity contribution in [2.24, 2.45) is 11.8 Å². The van der Waals surface area contributed by atoms with Crippen LogP contribution in [0.5, 0.6) is 0 Å². The van der Waals surface area contributed by atoms with E-state index in [9.17, 15) is 0 Å². The summed E-state index contributed by atoms with van der Waals surface area (Å²) < 4.78 is 0. The lowest BCUT2D eigenvalue weighted by Gasteiger charge is -2.39. The Kier molecular flexibility index (Phi) is 9.22. The van der Waals surface area contributed by atoms with Gasteiger partial charge in [0.15, 0.2) is 0 Å². The minimum absolute atomic E-state index is 0.284. The van der Waals surface area contributed by atoms with Crippen LogP contribution < -0.4 is 15.3 Å². The first-order valence-corrected chi connectivity index (χ1v) is 19.9. The van der Waals surface area contributed by atoms with Crippen LogP contribution in [0.1, 0.15) is 75.5 Å². The van der Waals surface area contributed by atoms with Gasteiger partial charge in [0, 0.05) is 40.0 Å². The van der Waals surface area contributed by atoms with E-state index in [0.717, 1.165) is 38.5 Å². The fourth-order valence-electron chi connectivity index (χ4n) is 9.34. The van der Waals surface area contributed by atoms with E-state index in [-0.39, 0.29) is 6.04 Å². The van der Waals surface area contributed by atoms with Crippen molar-refractivity contribution in [2.45, 2.75) is 71.3 Å². The first kappa shape index (κ1) is 33.5. The summed E-state index contributed by atoms with van der Waals surface area (Å²) in [5.74, 6) is 0.977. The zero-order valence-corrected chi connectivity index (χ0v) is 31.2. The van der Waals surface area contributed by atoms with Gasteiger partial charge in [0.25, 0.3) is 0 Å². The zero-order chi connectivity index (χ0) is 35.7. The molecule has 3 unspecified atom stereocenters. The molecule has 3 atom stereocenters. The molecule has 0 saturated heterocycles. The Morgan fingerprint density at radius 3 is 2.40 bits per heavy atom. The molecule has 53 heavy (non-hydrogen) atoms. The van der Waals surface area contributed by atoms with Crippen LogP contribution in [0.4, 0.5) is 5.69 Å². The van der Waals surface area contributed by atoms with E-state index in [2.05, 4.69) is 175 Å². The van der Waals surface area contributed by atoms with Gasteiger partial charge in [-0.15, -0.1) is 0 Å². The number of anilines is 1. The Bertz CT molecular complexity index is 2330. The summed E-state index contributed by atoms with van der Waals surface area (Å²) in [6.07, 6.45) is 39.8. The number of benzene rings is 3. The molecule has 264 valence electrons. The van der Waals surface area contributed by atoms with Gasteiger partial charge in [0.2, 0.25) is 0 Å². The molecule has 2 heteroatoms. The molecule has 0 amide bonds. The third-order valence-corrected chi connectivity index (χ3v) is 12.2. The van der Waals surface area contributed by atoms with Crippen molar-refractivity contribution in [1.29, 1.82) is 0 Å². The monoisotopic (exact) mass is 690 g/mol. The highest BCUT2D eigenvalue weighted by atomic mass is 15.2. The van der Waals surface area contributed by atoms with Gasteiger partial charge in [-0.25, -0.2) is 0 Å². The van der Waals surface area contributed by atoms with E-state index in [4.69, 9.17) is 0 Å². The van der Waals surface area contributed by atoms with Gasteiger partial charge in [-0.1, -0.05) is 128 Å². The molecule has 0 aromatic heterocycles. The average molecular weight is 691 g/mol. The normalized spacial score (nSPS) is 23.7. The summed E-state index contributed by atoms with van der Waals surface area (Å²) >= 11 is 0. The largest absolute Gasteiger partial charge is 0.338 e. The maximum Gasteiger partial charge on any atom is 0.0562 e. The van der Waals surface area contributed by atoms with Crippen LogP contribution in [0.3, 0.4) is 0 Å². The molecule has 0 N–H and O–H groups in total. The lowest BCUT2D eigenvalue weighted by atomic mass is 9.82. The summed E-state index contributed by atoms with van der Waals surface area (Å²) in [4.78, 5) is 5.18. The third-order valence-electron chi connectivity index (χ3n) is 12.2. The second-order valence-corrected chi connectivity index (χ2v) is 15.3. The topological polar surface area (TPSA) is 6.48 Å². The number of rotatable bonds is 7. The van der Waals surface area contributed by atoms with Gasteiger partial charge < -0.3 is 9.80 Å². The predicted molar refractivity (Wildman–Crippen MR) is 225 cm³/mol. The summed E-state index contributed by atoms with van der Waals surface area (Å²) in [7, 11) is 0. The second-order valence-electron chi connectivity index (χ2n) is 15.3. The van der Waals surface area contributed by atoms with Crippen LogP contribution in [0.25, 0.3) is 23.4 Å². The Hall–Kier alpha value is -5.34. The van der Waals surface area contributed by atoms with Crippen molar-refractivity contribution in [1.82, 2.24) is 4.90 Å². The van der Waals surface area contributed by atoms with E-state index in [1.165, 1.54) is 85.2 Å². The molecule has 6 aliphatic rings. The summed E-state index contributed by atoms with van der Waals surface area (Å²) in [5, 5.41) is 2.69. The minimum Gasteiger partial charge on any atom is -0.338 e. The third kappa shape index (κ3) is 6.50. The van der Waals surface area contributed by atoms with Gasteiger partial charge in [-0.3, -0.25) is 0 Å². The number of fused-ring (bicyclic) bond motifs is 3. The first-order valence-electron chi connectivity index (χ1n) is 19.9. The van der Waals surface area contributed by atoms with Crippen LogP contribution in [-0.4, -0.2) is 10.9 Å². The Morgan fingerprint density at radius 2 is 1.57 bits per heavy atom. The number of hydrogen-bond donors (Lipinski definition) is 0. The van der Waals surface area contributed by atoms with E-state index >= 15 is 0 Å². The molecule has 2 nitrogen and oxygen atoms in total. The van der Waals surface area contributed by atoms with Gasteiger partial charge in [-0.05, 0) is 133 Å². The van der Waals surface area contributed by atoms with E-state index in [1.807, 2.05) is 0 Å². The highest BCUT2D eigenvalue weighted by Gasteiger charge is 2.29. The maximum absolute atomic E-state index is 2.67. The number of nitrogens with zero attached hydrogens (tertiary/aromatic N) is 2. The molecular weight excluding hydrogens is 641 g/mol. The van der Waals surface area contributed by atoms with Crippen LogP contribution in [0.2, 0.25) is 0 Å². The Labute approximate surface area is 315 Å². The second kappa shape index (κ2) is 14.6. The van der Waals surface area contributed by atoms with Gasteiger partial charge in [-0.2, -0.15) is 0 Å². The molecule has 0 spiro atoms. The first-order chi connectivity index (χ1) is 26.1. The Balaban J connectivity index is 1.05. The van der Waals surface area contributed by atoms with Crippen molar-refractivity contribution in [3.63, 3.8) is 0 Å². The molecular formula is C51H50N2. The van der Waals surface area contributed by atoms with Crippen LogP contribution in [-0.2, 0) is 6.42 Å². The van der Waals surface area contributed by atoms with Crippen LogP contribution >= 0.6 is 0 Å². The van der Waals surface area contributed by atoms with Gasteiger partial charge >= 0.3 is 0 Å². The molecule has 6 aliphatic carbocycles. The summed E-state index contributed by atoms with van der Waals surface area (Å²) in [5.41, 5.74) is 15.0. The Morgan fingerprint density at radius 1 is 0.717 bits per heavy atom. The molecule has 0 fully saturated rings. The zero-order valence-electron chi connectivity index (χ0n) is 31.2. The van der Waals surface area contributed by atoms with E-state index < -0.39 is 0 Å². The number of hydrogen-bond acceptors (Lipinski definition) is 2. The molecule has 0 heterocycles. The van der Waals surface area contributed by atoms with Crippen molar-refractivity contribution < 1.29 is 0 Å². The van der Waals surface area contributed by atoms with Crippen LogP contribution in [0.15, 0.2) is 168 Å². The van der Waals surface area contributed by atoms with Gasteiger partial charge in [0.05, 0.1) is 6.04 Å². The van der Waals surface area contributed by atoms with Crippen molar-refractivity contribution in [3.05, 3.63) is 195 Å². The standard InChI is InChI=1S/C51H50N2/c1-3-37-22-32-46(34-36(37)2)52(50-20-10-16-41-13-6-8-18-48(41)50)44-28-23-39(24-29-44)40-25-30-45(31-26-40)53(47-33-27-38-12-4-5-15-43(38)35-47)51-21-11-17-42-14-7-9-19-49(42)51/h3-5,7-10,12,14-15,18-25,27-30,32,34-36,41,47H,6,11,13,16-17,26,31,33H2,1-2H3. The molecule has 9 rings (SSSR count). The molecule has 3 aromatic rings. The molecule has 0 radical (unpaired) electrons. The maximum atomic E-state index is 2.67. The van der Waals surface area contributed by atoms with Crippen molar-refractivity contribution in [2.75, 3.05) is 4.90 Å². The fraction of sp³-hybridized carbons (Fsp3) is 0.255. The number of aryl methyl sites for hydroxylation is 1. The summed E-state index contributed by atoms with van der Waals surface area (Å²) in [6, 6.07) is 27.6. The van der Waals surface area contributed by atoms with E-state index in [1.54, 1.807) is 0 Å². The van der Waals surface area contributed by atoms with Crippen LogP contribution in [0, 0.1) is 11.8 Å². The molecule has 0 aliphatic heterocycles. The quantitative estimate of drug-likeness (QED) is 0.243. The predicted octanol–water partition coefficient (Wildman–Crippen LogP) is 11.1. The minimum atomic E-state index is 0.284. The molecule has 3 aromatic carbocycles. The van der Waals surface area contributed by atoms with E-state index in [0.29, 0.717) is 11.8 Å². The lowest BCUT2D eigenvalue weighted by Crippen LogP contribution is -2.39. The summed E-state index contributed by atoms with van der Waals surface area (Å²) in [6.45, 7) is 4.45. The van der Waals surface area contributed by atoms with Crippen molar-refractivity contribution >= 4 is 29.1 Å². The average Bonchev–Trinajstić information content (AvgIpc) is 3.22. The molecule has 0 bridgehead atoms. The molecule has 0 saturated carbocycles. The number of allylic oxidation sites excluding steroid dienone is 15. The smallest absolute Gasteiger partial charge is 0.0562 e. The SMILES string of the molecule is CC=C1C=CC(N(C2=C3C=CCCC3CC=C2)c2ccc(C3=CC=C(N(C4=CCCc5ccccc54)C4C=c5ccccc5=CC4)CC3)cc2)=CC1C. The highest BCUT2D eigenvalue weighted by Crippen LogP contribution is 2.42. The van der Waals surface area contributed by atoms with Gasteiger partial charge in [0.1, 0.15) is 0 Å².